The molecule has 1 unspecified atom stereocenters. The van der Waals surface area contributed by atoms with E-state index in [4.69, 9.17) is 5.11 Å². The maximum Gasteiger partial charge on any atom is 0.328 e. The van der Waals surface area contributed by atoms with Crippen molar-refractivity contribution in [3.05, 3.63) is 11.6 Å². The summed E-state index contributed by atoms with van der Waals surface area (Å²) in [7, 11) is 1.33. The normalized spacial score (nSPS) is 13.7. The Kier molecular flexibility index (Phi) is 6.41. The molecular weight excluding hydrogens is 210 g/mol. The molecule has 0 amide bonds. The highest BCUT2D eigenvalue weighted by Gasteiger charge is 2.21. The summed E-state index contributed by atoms with van der Waals surface area (Å²) in [4.78, 5) is 21.8. The molecule has 0 spiro atoms. The second-order valence-electron chi connectivity index (χ2n) is 3.95. The van der Waals surface area contributed by atoms with E-state index in [9.17, 15) is 9.59 Å². The van der Waals surface area contributed by atoms with E-state index in [2.05, 4.69) is 10.1 Å². The lowest BCUT2D eigenvalue weighted by Crippen LogP contribution is -2.42. The van der Waals surface area contributed by atoms with Gasteiger partial charge >= 0.3 is 11.9 Å². The Morgan fingerprint density at radius 2 is 2.00 bits per heavy atom. The van der Waals surface area contributed by atoms with E-state index < -0.39 is 12.0 Å². The predicted molar refractivity (Wildman–Crippen MR) is 60.0 cm³/mol. The van der Waals surface area contributed by atoms with Gasteiger partial charge in [0.15, 0.2) is 0 Å². The quantitative estimate of drug-likeness (QED) is 0.520. The third-order valence-corrected chi connectivity index (χ3v) is 2.09. The molecule has 5 heteroatoms. The summed E-state index contributed by atoms with van der Waals surface area (Å²) in [6.45, 7) is 5.83. The average Bonchev–Trinajstić information content (AvgIpc) is 2.15. The molecule has 0 saturated carbocycles. The summed E-state index contributed by atoms with van der Waals surface area (Å²) in [6, 6.07) is -0.415. The lowest BCUT2D eigenvalue weighted by molar-refractivity contribution is -0.144. The molecule has 0 aliphatic heterocycles. The first-order valence-corrected chi connectivity index (χ1v) is 5.09. The fraction of sp³-hybridized carbons (Fsp3) is 0.636. The lowest BCUT2D eigenvalue weighted by atomic mass is 10.0. The molecule has 0 aliphatic rings. The number of ether oxygens (including phenoxy) is 1. The topological polar surface area (TPSA) is 75.6 Å². The molecule has 16 heavy (non-hydrogen) atoms. The standard InChI is InChI=1S/C11H19NO4/c1-7(2)10(11(15)16-4)12-6-8(3)5-9(13)14/h5,7,10,12H,6H2,1-4H3,(H,13,14). The molecule has 5 nitrogen and oxygen atoms in total. The van der Waals surface area contributed by atoms with Crippen LogP contribution in [0.2, 0.25) is 0 Å². The first-order chi connectivity index (χ1) is 7.38. The van der Waals surface area contributed by atoms with Gasteiger partial charge in [-0.25, -0.2) is 4.79 Å². The highest BCUT2D eigenvalue weighted by molar-refractivity contribution is 5.80. The number of carbonyl (C=O) groups excluding carboxylic acids is 1. The number of aliphatic carboxylic acids is 1. The first-order valence-electron chi connectivity index (χ1n) is 5.09. The van der Waals surface area contributed by atoms with E-state index in [0.717, 1.165) is 6.08 Å². The summed E-state index contributed by atoms with van der Waals surface area (Å²) in [6.07, 6.45) is 1.11. The number of esters is 1. The maximum absolute atomic E-state index is 11.4. The Labute approximate surface area is 95.5 Å². The molecule has 2 N–H and O–H groups in total. The molecule has 0 aromatic carbocycles. The summed E-state index contributed by atoms with van der Waals surface area (Å²) in [5.41, 5.74) is 0.655. The van der Waals surface area contributed by atoms with Crippen LogP contribution >= 0.6 is 0 Å². The number of carbonyl (C=O) groups is 2. The summed E-state index contributed by atoms with van der Waals surface area (Å²) >= 11 is 0. The molecule has 92 valence electrons. The molecule has 0 heterocycles. The monoisotopic (exact) mass is 229 g/mol. The fourth-order valence-electron chi connectivity index (χ4n) is 1.25. The van der Waals surface area contributed by atoms with Gasteiger partial charge in [0.1, 0.15) is 6.04 Å². The SMILES string of the molecule is COC(=O)C(NCC(C)=CC(=O)O)C(C)C. The van der Waals surface area contributed by atoms with Crippen molar-refractivity contribution >= 4 is 11.9 Å². The number of carboxylic acids is 1. The Morgan fingerprint density at radius 1 is 1.44 bits per heavy atom. The van der Waals surface area contributed by atoms with E-state index >= 15 is 0 Å². The zero-order valence-corrected chi connectivity index (χ0v) is 10.1. The number of nitrogens with one attached hydrogen (secondary N) is 1. The van der Waals surface area contributed by atoms with Crippen LogP contribution in [-0.2, 0) is 14.3 Å². The van der Waals surface area contributed by atoms with Crippen LogP contribution in [0.4, 0.5) is 0 Å². The molecule has 0 saturated heterocycles. The maximum atomic E-state index is 11.4. The van der Waals surface area contributed by atoms with E-state index in [0.29, 0.717) is 12.1 Å². The molecule has 0 bridgehead atoms. The van der Waals surface area contributed by atoms with Crippen LogP contribution in [0.25, 0.3) is 0 Å². The van der Waals surface area contributed by atoms with E-state index in [1.807, 2.05) is 13.8 Å². The van der Waals surface area contributed by atoms with Gasteiger partial charge in [0.05, 0.1) is 7.11 Å². The minimum Gasteiger partial charge on any atom is -0.478 e. The van der Waals surface area contributed by atoms with Crippen LogP contribution < -0.4 is 5.32 Å². The number of hydrogen-bond donors (Lipinski definition) is 2. The molecule has 0 aromatic rings. The van der Waals surface area contributed by atoms with Crippen molar-refractivity contribution in [1.29, 1.82) is 0 Å². The van der Waals surface area contributed by atoms with Crippen molar-refractivity contribution < 1.29 is 19.4 Å². The van der Waals surface area contributed by atoms with Gasteiger partial charge in [0.25, 0.3) is 0 Å². The second-order valence-corrected chi connectivity index (χ2v) is 3.95. The number of methoxy groups -OCH3 is 1. The minimum atomic E-state index is -0.988. The minimum absolute atomic E-state index is 0.0880. The van der Waals surface area contributed by atoms with Crippen molar-refractivity contribution in [3.8, 4) is 0 Å². The molecule has 0 aliphatic carbocycles. The van der Waals surface area contributed by atoms with E-state index in [1.54, 1.807) is 6.92 Å². The molecule has 0 radical (unpaired) electrons. The van der Waals surface area contributed by atoms with Crippen LogP contribution in [0.1, 0.15) is 20.8 Å². The Morgan fingerprint density at radius 3 is 2.38 bits per heavy atom. The van der Waals surface area contributed by atoms with Crippen molar-refractivity contribution in [2.45, 2.75) is 26.8 Å². The Bertz CT molecular complexity index is 284. The van der Waals surface area contributed by atoms with Gasteiger partial charge in [-0.2, -0.15) is 0 Å². The highest BCUT2D eigenvalue weighted by Crippen LogP contribution is 2.04. The van der Waals surface area contributed by atoms with E-state index in [1.165, 1.54) is 7.11 Å². The van der Waals surface area contributed by atoms with Gasteiger partial charge in [-0.05, 0) is 12.8 Å². The summed E-state index contributed by atoms with van der Waals surface area (Å²) in [5, 5.41) is 11.5. The second kappa shape index (κ2) is 7.00. The van der Waals surface area contributed by atoms with Gasteiger partial charge in [-0.15, -0.1) is 0 Å². The van der Waals surface area contributed by atoms with E-state index in [-0.39, 0.29) is 11.9 Å². The van der Waals surface area contributed by atoms with Gasteiger partial charge in [-0.1, -0.05) is 19.4 Å². The molecule has 0 aromatic heterocycles. The van der Waals surface area contributed by atoms with Gasteiger partial charge in [0.2, 0.25) is 0 Å². The zero-order valence-electron chi connectivity index (χ0n) is 10.1. The Hall–Kier alpha value is -1.36. The predicted octanol–water partition coefficient (Wildman–Crippen LogP) is 0.804. The molecule has 0 rings (SSSR count). The molecule has 0 fully saturated rings. The fourth-order valence-corrected chi connectivity index (χ4v) is 1.25. The number of rotatable bonds is 6. The third kappa shape index (κ3) is 5.50. The van der Waals surface area contributed by atoms with Gasteiger partial charge in [0, 0.05) is 12.6 Å². The van der Waals surface area contributed by atoms with Crippen molar-refractivity contribution in [1.82, 2.24) is 5.32 Å². The number of carboxylic acid groups (broad SMARTS) is 1. The third-order valence-electron chi connectivity index (χ3n) is 2.09. The molecular formula is C11H19NO4. The van der Waals surface area contributed by atoms with Gasteiger partial charge < -0.3 is 15.2 Å². The highest BCUT2D eigenvalue weighted by atomic mass is 16.5. The van der Waals surface area contributed by atoms with Crippen LogP contribution in [0.5, 0.6) is 0 Å². The summed E-state index contributed by atoms with van der Waals surface area (Å²) < 4.78 is 4.65. The lowest BCUT2D eigenvalue weighted by Gasteiger charge is -2.19. The zero-order chi connectivity index (χ0) is 12.7. The van der Waals surface area contributed by atoms with Crippen LogP contribution in [0, 0.1) is 5.92 Å². The van der Waals surface area contributed by atoms with Crippen molar-refractivity contribution in [2.75, 3.05) is 13.7 Å². The van der Waals surface area contributed by atoms with Crippen molar-refractivity contribution in [3.63, 3.8) is 0 Å². The summed E-state index contributed by atoms with van der Waals surface area (Å²) in [5.74, 6) is -1.23. The van der Waals surface area contributed by atoms with Crippen molar-refractivity contribution in [2.24, 2.45) is 5.92 Å². The smallest absolute Gasteiger partial charge is 0.328 e. The largest absolute Gasteiger partial charge is 0.478 e. The molecule has 1 atom stereocenters. The number of hydrogen-bond acceptors (Lipinski definition) is 4. The average molecular weight is 229 g/mol. The van der Waals surface area contributed by atoms with Crippen LogP contribution in [0.3, 0.4) is 0 Å². The first kappa shape index (κ1) is 14.6. The van der Waals surface area contributed by atoms with Crippen LogP contribution in [0.15, 0.2) is 11.6 Å². The van der Waals surface area contributed by atoms with Crippen LogP contribution in [-0.4, -0.2) is 36.7 Å². The Balaban J connectivity index is 4.33. The van der Waals surface area contributed by atoms with Gasteiger partial charge in [-0.3, -0.25) is 4.79 Å².